The maximum atomic E-state index is 12.0. The van der Waals surface area contributed by atoms with Crippen molar-refractivity contribution in [1.29, 1.82) is 0 Å². The number of urea groups is 1. The summed E-state index contributed by atoms with van der Waals surface area (Å²) >= 11 is 0. The predicted molar refractivity (Wildman–Crippen MR) is 72.1 cm³/mol. The van der Waals surface area contributed by atoms with Crippen LogP contribution in [0.3, 0.4) is 0 Å². The SMILES string of the molecule is CCC(NC(=O)N(CC)CC)C1CCCCC1. The minimum absolute atomic E-state index is 0.118. The lowest BCUT2D eigenvalue weighted by Crippen LogP contribution is -2.47. The minimum atomic E-state index is 0.118. The van der Waals surface area contributed by atoms with Crippen molar-refractivity contribution in [2.75, 3.05) is 13.1 Å². The second-order valence-corrected chi connectivity index (χ2v) is 5.03. The lowest BCUT2D eigenvalue weighted by Gasteiger charge is -2.32. The van der Waals surface area contributed by atoms with E-state index < -0.39 is 0 Å². The number of rotatable bonds is 5. The zero-order chi connectivity index (χ0) is 12.7. The Morgan fingerprint density at radius 1 is 1.18 bits per heavy atom. The summed E-state index contributed by atoms with van der Waals surface area (Å²) in [5, 5.41) is 3.23. The first-order valence-electron chi connectivity index (χ1n) is 7.28. The summed E-state index contributed by atoms with van der Waals surface area (Å²) in [6, 6.07) is 0.496. The number of carbonyl (C=O) groups excluding carboxylic acids is 1. The summed E-state index contributed by atoms with van der Waals surface area (Å²) in [5.74, 6) is 0.702. The average Bonchev–Trinajstić information content (AvgIpc) is 2.38. The van der Waals surface area contributed by atoms with E-state index >= 15 is 0 Å². The highest BCUT2D eigenvalue weighted by Gasteiger charge is 2.24. The number of hydrogen-bond donors (Lipinski definition) is 1. The van der Waals surface area contributed by atoms with Crippen molar-refractivity contribution in [3.05, 3.63) is 0 Å². The van der Waals surface area contributed by atoms with Crippen LogP contribution in [0.15, 0.2) is 0 Å². The van der Waals surface area contributed by atoms with Crippen molar-refractivity contribution < 1.29 is 4.79 Å². The van der Waals surface area contributed by atoms with Crippen LogP contribution in [0.1, 0.15) is 59.3 Å². The van der Waals surface area contributed by atoms with Crippen LogP contribution in [0, 0.1) is 5.92 Å². The second-order valence-electron chi connectivity index (χ2n) is 5.03. The monoisotopic (exact) mass is 240 g/mol. The first-order valence-corrected chi connectivity index (χ1v) is 7.28. The molecule has 0 bridgehead atoms. The molecule has 1 rings (SSSR count). The van der Waals surface area contributed by atoms with Gasteiger partial charge in [0.25, 0.3) is 0 Å². The van der Waals surface area contributed by atoms with E-state index in [4.69, 9.17) is 0 Å². The maximum Gasteiger partial charge on any atom is 0.317 e. The van der Waals surface area contributed by atoms with E-state index in [1.54, 1.807) is 0 Å². The molecule has 1 fully saturated rings. The lowest BCUT2D eigenvalue weighted by molar-refractivity contribution is 0.186. The summed E-state index contributed by atoms with van der Waals surface area (Å²) < 4.78 is 0. The summed E-state index contributed by atoms with van der Waals surface area (Å²) in [7, 11) is 0. The van der Waals surface area contributed by atoms with Gasteiger partial charge < -0.3 is 10.2 Å². The fraction of sp³-hybridized carbons (Fsp3) is 0.929. The molecule has 0 aromatic carbocycles. The van der Waals surface area contributed by atoms with E-state index in [-0.39, 0.29) is 6.03 Å². The Balaban J connectivity index is 2.47. The molecular formula is C14H28N2O. The summed E-state index contributed by atoms with van der Waals surface area (Å²) in [6.45, 7) is 7.84. The molecule has 1 aliphatic carbocycles. The molecular weight excluding hydrogens is 212 g/mol. The van der Waals surface area contributed by atoms with Gasteiger partial charge in [0.2, 0.25) is 0 Å². The first kappa shape index (κ1) is 14.3. The molecule has 3 heteroatoms. The smallest absolute Gasteiger partial charge is 0.317 e. The van der Waals surface area contributed by atoms with Crippen LogP contribution in [0.2, 0.25) is 0 Å². The number of carbonyl (C=O) groups is 1. The normalized spacial score (nSPS) is 18.8. The van der Waals surface area contributed by atoms with Gasteiger partial charge in [0.1, 0.15) is 0 Å². The Labute approximate surface area is 106 Å². The molecule has 0 radical (unpaired) electrons. The van der Waals surface area contributed by atoms with Crippen molar-refractivity contribution in [1.82, 2.24) is 10.2 Å². The highest BCUT2D eigenvalue weighted by Crippen LogP contribution is 2.27. The van der Waals surface area contributed by atoms with Crippen LogP contribution in [0.4, 0.5) is 4.79 Å². The summed E-state index contributed by atoms with van der Waals surface area (Å²) in [4.78, 5) is 13.9. The quantitative estimate of drug-likeness (QED) is 0.785. The third kappa shape index (κ3) is 4.21. The third-order valence-corrected chi connectivity index (χ3v) is 4.02. The third-order valence-electron chi connectivity index (χ3n) is 4.02. The molecule has 0 heterocycles. The van der Waals surface area contributed by atoms with Crippen LogP contribution in [-0.2, 0) is 0 Å². The van der Waals surface area contributed by atoms with Gasteiger partial charge in [-0.25, -0.2) is 4.79 Å². The molecule has 0 aromatic rings. The molecule has 1 N–H and O–H groups in total. The van der Waals surface area contributed by atoms with E-state index in [9.17, 15) is 4.79 Å². The summed E-state index contributed by atoms with van der Waals surface area (Å²) in [5.41, 5.74) is 0. The molecule has 3 nitrogen and oxygen atoms in total. The molecule has 1 aliphatic rings. The molecule has 100 valence electrons. The van der Waals surface area contributed by atoms with Gasteiger partial charge >= 0.3 is 6.03 Å². The Hall–Kier alpha value is -0.730. The Kier molecular flexibility index (Phi) is 6.38. The highest BCUT2D eigenvalue weighted by atomic mass is 16.2. The largest absolute Gasteiger partial charge is 0.335 e. The van der Waals surface area contributed by atoms with Gasteiger partial charge in [0, 0.05) is 19.1 Å². The van der Waals surface area contributed by atoms with Crippen LogP contribution in [0.5, 0.6) is 0 Å². The van der Waals surface area contributed by atoms with E-state index in [0.717, 1.165) is 19.5 Å². The van der Waals surface area contributed by atoms with Crippen molar-refractivity contribution in [3.63, 3.8) is 0 Å². The van der Waals surface area contributed by atoms with Crippen LogP contribution < -0.4 is 5.32 Å². The molecule has 0 aliphatic heterocycles. The number of nitrogens with zero attached hydrogens (tertiary/aromatic N) is 1. The molecule has 17 heavy (non-hydrogen) atoms. The lowest BCUT2D eigenvalue weighted by atomic mass is 9.83. The fourth-order valence-electron chi connectivity index (χ4n) is 2.85. The second kappa shape index (κ2) is 7.57. The predicted octanol–water partition coefficient (Wildman–Crippen LogP) is 3.40. The Bertz CT molecular complexity index is 220. The topological polar surface area (TPSA) is 32.3 Å². The minimum Gasteiger partial charge on any atom is -0.335 e. The molecule has 0 aromatic heterocycles. The van der Waals surface area contributed by atoms with Crippen molar-refractivity contribution in [3.8, 4) is 0 Å². The van der Waals surface area contributed by atoms with Crippen LogP contribution >= 0.6 is 0 Å². The molecule has 0 spiro atoms. The van der Waals surface area contributed by atoms with Gasteiger partial charge in [-0.3, -0.25) is 0 Å². The number of amides is 2. The summed E-state index contributed by atoms with van der Waals surface area (Å²) in [6.07, 6.45) is 7.67. The fourth-order valence-corrected chi connectivity index (χ4v) is 2.85. The number of hydrogen-bond acceptors (Lipinski definition) is 1. The van der Waals surface area contributed by atoms with Crippen LogP contribution in [-0.4, -0.2) is 30.1 Å². The highest BCUT2D eigenvalue weighted by molar-refractivity contribution is 5.74. The zero-order valence-electron chi connectivity index (χ0n) is 11.7. The van der Waals surface area contributed by atoms with Crippen LogP contribution in [0.25, 0.3) is 0 Å². The molecule has 1 atom stereocenters. The van der Waals surface area contributed by atoms with Gasteiger partial charge in [-0.1, -0.05) is 26.2 Å². The van der Waals surface area contributed by atoms with E-state index in [2.05, 4.69) is 12.2 Å². The van der Waals surface area contributed by atoms with E-state index in [1.807, 2.05) is 18.7 Å². The van der Waals surface area contributed by atoms with Gasteiger partial charge in [-0.05, 0) is 39.0 Å². The van der Waals surface area contributed by atoms with Gasteiger partial charge in [0.15, 0.2) is 0 Å². The number of nitrogens with one attached hydrogen (secondary N) is 1. The van der Waals surface area contributed by atoms with Crippen molar-refractivity contribution >= 4 is 6.03 Å². The maximum absolute atomic E-state index is 12.0. The Morgan fingerprint density at radius 3 is 2.24 bits per heavy atom. The Morgan fingerprint density at radius 2 is 1.76 bits per heavy atom. The first-order chi connectivity index (χ1) is 8.22. The van der Waals surface area contributed by atoms with Gasteiger partial charge in [0.05, 0.1) is 0 Å². The van der Waals surface area contributed by atoms with E-state index in [0.29, 0.717) is 12.0 Å². The van der Waals surface area contributed by atoms with Gasteiger partial charge in [-0.2, -0.15) is 0 Å². The standard InChI is InChI=1S/C14H28N2O/c1-4-13(12-10-8-7-9-11-12)15-14(17)16(5-2)6-3/h12-13H,4-11H2,1-3H3,(H,15,17). The average molecular weight is 240 g/mol. The molecule has 1 unspecified atom stereocenters. The van der Waals surface area contributed by atoms with E-state index in [1.165, 1.54) is 32.1 Å². The molecule has 2 amide bonds. The zero-order valence-corrected chi connectivity index (χ0v) is 11.7. The molecule has 1 saturated carbocycles. The van der Waals surface area contributed by atoms with Crippen molar-refractivity contribution in [2.45, 2.75) is 65.3 Å². The molecule has 0 saturated heterocycles. The van der Waals surface area contributed by atoms with Crippen molar-refractivity contribution in [2.24, 2.45) is 5.92 Å². The van der Waals surface area contributed by atoms with Gasteiger partial charge in [-0.15, -0.1) is 0 Å².